The zero-order valence-corrected chi connectivity index (χ0v) is 11.7. The minimum Gasteiger partial charge on any atom is -0.351 e. The summed E-state index contributed by atoms with van der Waals surface area (Å²) in [5.74, 6) is 0.0549. The van der Waals surface area contributed by atoms with Gasteiger partial charge >= 0.3 is 0 Å². The van der Waals surface area contributed by atoms with Gasteiger partial charge in [0.15, 0.2) is 5.78 Å². The summed E-state index contributed by atoms with van der Waals surface area (Å²) in [4.78, 5) is 12.6. The number of hydrogen-bond donors (Lipinski definition) is 0. The molecule has 0 saturated carbocycles. The highest BCUT2D eigenvalue weighted by atomic mass is 16.1. The van der Waals surface area contributed by atoms with Gasteiger partial charge in [0.2, 0.25) is 0 Å². The van der Waals surface area contributed by atoms with E-state index >= 15 is 0 Å². The van der Waals surface area contributed by atoms with E-state index in [1.54, 1.807) is 0 Å². The van der Waals surface area contributed by atoms with Crippen molar-refractivity contribution < 1.29 is 4.79 Å². The van der Waals surface area contributed by atoms with Gasteiger partial charge in [0.05, 0.1) is 0 Å². The van der Waals surface area contributed by atoms with Gasteiger partial charge in [-0.15, -0.1) is 0 Å². The molecule has 2 aromatic carbocycles. The second-order valence-electron chi connectivity index (χ2n) is 5.20. The molecule has 20 heavy (non-hydrogen) atoms. The first-order chi connectivity index (χ1) is 9.66. The maximum absolute atomic E-state index is 12.6. The Bertz CT molecular complexity index is 755. The van der Waals surface area contributed by atoms with Crippen molar-refractivity contribution in [3.8, 4) is 0 Å². The molecular weight excluding hydrogens is 246 g/mol. The van der Waals surface area contributed by atoms with Crippen LogP contribution in [0.4, 0.5) is 0 Å². The van der Waals surface area contributed by atoms with Crippen molar-refractivity contribution in [1.82, 2.24) is 4.57 Å². The smallest absolute Gasteiger partial charge is 0.170 e. The van der Waals surface area contributed by atoms with Crippen LogP contribution in [-0.2, 0) is 7.05 Å². The van der Waals surface area contributed by atoms with Crippen LogP contribution in [0.15, 0.2) is 60.8 Å². The number of benzene rings is 2. The van der Waals surface area contributed by atoms with E-state index in [2.05, 4.69) is 4.57 Å². The fraction of sp³-hybridized carbons (Fsp3) is 0.167. The molecule has 0 fully saturated rings. The maximum atomic E-state index is 12.6. The molecule has 2 nitrogen and oxygen atoms in total. The minimum absolute atomic E-state index is 0.114. The Labute approximate surface area is 118 Å². The van der Waals surface area contributed by atoms with Crippen molar-refractivity contribution >= 4 is 16.7 Å². The highest BCUT2D eigenvalue weighted by Crippen LogP contribution is 2.23. The van der Waals surface area contributed by atoms with Crippen LogP contribution >= 0.6 is 0 Å². The van der Waals surface area contributed by atoms with E-state index in [4.69, 9.17) is 0 Å². The molecule has 1 heterocycles. The lowest BCUT2D eigenvalue weighted by molar-refractivity contribution is 0.0966. The standard InChI is InChI=1S/C18H17NO/c1-13(14-6-4-3-5-7-14)18(20)16-8-9-17-15(12-16)10-11-19(17)2/h3-13H,1-2H3. The number of carbonyl (C=O) groups excluding carboxylic acids is 1. The lowest BCUT2D eigenvalue weighted by Gasteiger charge is -2.11. The van der Waals surface area contributed by atoms with Gasteiger partial charge in [0.25, 0.3) is 0 Å². The van der Waals surface area contributed by atoms with Gasteiger partial charge in [-0.1, -0.05) is 37.3 Å². The van der Waals surface area contributed by atoms with Crippen molar-refractivity contribution in [1.29, 1.82) is 0 Å². The third-order valence-corrected chi connectivity index (χ3v) is 3.86. The topological polar surface area (TPSA) is 22.0 Å². The molecule has 1 atom stereocenters. The average molecular weight is 263 g/mol. The molecule has 0 amide bonds. The molecule has 0 aliphatic carbocycles. The molecule has 2 heteroatoms. The quantitative estimate of drug-likeness (QED) is 0.650. The first-order valence-corrected chi connectivity index (χ1v) is 6.81. The summed E-state index contributed by atoms with van der Waals surface area (Å²) < 4.78 is 2.06. The number of ketones is 1. The molecule has 0 bridgehead atoms. The summed E-state index contributed by atoms with van der Waals surface area (Å²) in [6.45, 7) is 1.97. The van der Waals surface area contributed by atoms with E-state index in [0.717, 1.165) is 22.0 Å². The van der Waals surface area contributed by atoms with Gasteiger partial charge in [-0.05, 0) is 29.8 Å². The van der Waals surface area contributed by atoms with Gasteiger partial charge in [0.1, 0.15) is 0 Å². The predicted molar refractivity (Wildman–Crippen MR) is 82.1 cm³/mol. The molecular formula is C18H17NO. The van der Waals surface area contributed by atoms with Gasteiger partial charge in [-0.3, -0.25) is 4.79 Å². The van der Waals surface area contributed by atoms with Crippen LogP contribution in [0.5, 0.6) is 0 Å². The van der Waals surface area contributed by atoms with E-state index in [1.165, 1.54) is 0 Å². The van der Waals surface area contributed by atoms with E-state index < -0.39 is 0 Å². The summed E-state index contributed by atoms with van der Waals surface area (Å²) in [5.41, 5.74) is 2.99. The number of nitrogens with zero attached hydrogens (tertiary/aromatic N) is 1. The Morgan fingerprint density at radius 1 is 1.05 bits per heavy atom. The zero-order chi connectivity index (χ0) is 14.1. The molecule has 0 saturated heterocycles. The van der Waals surface area contributed by atoms with Gasteiger partial charge in [-0.25, -0.2) is 0 Å². The summed E-state index contributed by atoms with van der Waals surface area (Å²) in [7, 11) is 2.01. The molecule has 100 valence electrons. The van der Waals surface area contributed by atoms with E-state index in [-0.39, 0.29) is 11.7 Å². The highest BCUT2D eigenvalue weighted by Gasteiger charge is 2.17. The number of fused-ring (bicyclic) bond motifs is 1. The lowest BCUT2D eigenvalue weighted by Crippen LogP contribution is -2.09. The van der Waals surface area contributed by atoms with Gasteiger partial charge in [-0.2, -0.15) is 0 Å². The largest absolute Gasteiger partial charge is 0.351 e. The van der Waals surface area contributed by atoms with Crippen LogP contribution in [0.2, 0.25) is 0 Å². The number of hydrogen-bond acceptors (Lipinski definition) is 1. The third kappa shape index (κ3) is 2.14. The molecule has 1 unspecified atom stereocenters. The molecule has 0 aliphatic heterocycles. The van der Waals surface area contributed by atoms with Crippen LogP contribution in [0, 0.1) is 0 Å². The Morgan fingerprint density at radius 2 is 1.80 bits per heavy atom. The zero-order valence-electron chi connectivity index (χ0n) is 11.7. The van der Waals surface area contributed by atoms with E-state index in [1.807, 2.05) is 74.8 Å². The Balaban J connectivity index is 1.96. The highest BCUT2D eigenvalue weighted by molar-refractivity contribution is 6.03. The normalized spacial score (nSPS) is 12.5. The summed E-state index contributed by atoms with van der Waals surface area (Å²) in [5, 5.41) is 1.11. The number of rotatable bonds is 3. The molecule has 3 aromatic rings. The van der Waals surface area contributed by atoms with E-state index in [9.17, 15) is 4.79 Å². The number of aryl methyl sites for hydroxylation is 1. The fourth-order valence-electron chi connectivity index (χ4n) is 2.58. The van der Waals surface area contributed by atoms with Crippen molar-refractivity contribution in [3.05, 3.63) is 71.9 Å². The number of aromatic nitrogens is 1. The summed E-state index contributed by atoms with van der Waals surface area (Å²) in [6.07, 6.45) is 2.01. The Morgan fingerprint density at radius 3 is 2.55 bits per heavy atom. The van der Waals surface area contributed by atoms with Crippen LogP contribution < -0.4 is 0 Å². The SMILES string of the molecule is CC(C(=O)c1ccc2c(ccn2C)c1)c1ccccc1. The average Bonchev–Trinajstić information content (AvgIpc) is 2.87. The van der Waals surface area contributed by atoms with Crippen molar-refractivity contribution in [2.75, 3.05) is 0 Å². The van der Waals surface area contributed by atoms with Crippen LogP contribution in [-0.4, -0.2) is 10.4 Å². The minimum atomic E-state index is -0.114. The van der Waals surface area contributed by atoms with E-state index in [0.29, 0.717) is 0 Å². The first-order valence-electron chi connectivity index (χ1n) is 6.81. The molecule has 1 aromatic heterocycles. The van der Waals surface area contributed by atoms with Crippen molar-refractivity contribution in [3.63, 3.8) is 0 Å². The monoisotopic (exact) mass is 263 g/mol. The second-order valence-corrected chi connectivity index (χ2v) is 5.20. The maximum Gasteiger partial charge on any atom is 0.170 e. The summed E-state index contributed by atoms with van der Waals surface area (Å²) in [6, 6.07) is 17.9. The summed E-state index contributed by atoms with van der Waals surface area (Å²) >= 11 is 0. The molecule has 0 spiro atoms. The van der Waals surface area contributed by atoms with Gasteiger partial charge < -0.3 is 4.57 Å². The Hall–Kier alpha value is -2.35. The van der Waals surface area contributed by atoms with Crippen molar-refractivity contribution in [2.45, 2.75) is 12.8 Å². The molecule has 3 rings (SSSR count). The molecule has 0 N–H and O–H groups in total. The Kier molecular flexibility index (Phi) is 3.15. The predicted octanol–water partition coefficient (Wildman–Crippen LogP) is 4.16. The van der Waals surface area contributed by atoms with Crippen LogP contribution in [0.1, 0.15) is 28.8 Å². The second kappa shape index (κ2) is 4.97. The fourth-order valence-corrected chi connectivity index (χ4v) is 2.58. The first kappa shape index (κ1) is 12.7. The number of Topliss-reactive ketones (excluding diaryl/α,β-unsaturated/α-hetero) is 1. The third-order valence-electron chi connectivity index (χ3n) is 3.86. The number of carbonyl (C=O) groups is 1. The molecule has 0 radical (unpaired) electrons. The van der Waals surface area contributed by atoms with Gasteiger partial charge in [0, 0.05) is 35.6 Å². The van der Waals surface area contributed by atoms with Crippen LogP contribution in [0.25, 0.3) is 10.9 Å². The molecule has 0 aliphatic rings. The lowest BCUT2D eigenvalue weighted by atomic mass is 9.92. The van der Waals surface area contributed by atoms with Crippen LogP contribution in [0.3, 0.4) is 0 Å². The van der Waals surface area contributed by atoms with Crippen molar-refractivity contribution in [2.24, 2.45) is 7.05 Å².